The predicted molar refractivity (Wildman–Crippen MR) is 105 cm³/mol. The van der Waals surface area contributed by atoms with E-state index in [0.29, 0.717) is 34.9 Å². The van der Waals surface area contributed by atoms with E-state index in [-0.39, 0.29) is 5.91 Å². The summed E-state index contributed by atoms with van der Waals surface area (Å²) in [6, 6.07) is 13.7. The summed E-state index contributed by atoms with van der Waals surface area (Å²) in [6.45, 7) is 2.08. The molecule has 0 aromatic heterocycles. The monoisotopic (exact) mass is 394 g/mol. The van der Waals surface area contributed by atoms with Crippen LogP contribution in [0.1, 0.15) is 43.7 Å². The fraction of sp³-hybridized carbons (Fsp3) is 0.318. The number of nitrogens with zero attached hydrogens (tertiary/aromatic N) is 1. The average Bonchev–Trinajstić information content (AvgIpc) is 3.41. The van der Waals surface area contributed by atoms with Crippen LogP contribution in [0.25, 0.3) is 0 Å². The van der Waals surface area contributed by atoms with Crippen LogP contribution in [-0.2, 0) is 15.0 Å². The number of halogens is 1. The van der Waals surface area contributed by atoms with Crippen molar-refractivity contribution in [3.8, 4) is 11.8 Å². The van der Waals surface area contributed by atoms with Gasteiger partial charge in [-0.25, -0.2) is 0 Å². The van der Waals surface area contributed by atoms with Gasteiger partial charge in [0, 0.05) is 16.1 Å². The number of ether oxygens (including phenoxy) is 1. The number of anilines is 1. The van der Waals surface area contributed by atoms with Crippen molar-refractivity contribution in [1.29, 1.82) is 5.26 Å². The van der Waals surface area contributed by atoms with E-state index in [1.807, 2.05) is 12.1 Å². The second-order valence-corrected chi connectivity index (χ2v) is 7.87. The van der Waals surface area contributed by atoms with Gasteiger partial charge >= 0.3 is 5.97 Å². The first-order valence-electron chi connectivity index (χ1n) is 9.31. The van der Waals surface area contributed by atoms with Gasteiger partial charge in [0.1, 0.15) is 5.75 Å². The smallest absolute Gasteiger partial charge is 0.328 e. The van der Waals surface area contributed by atoms with E-state index in [0.717, 1.165) is 18.4 Å². The van der Waals surface area contributed by atoms with E-state index in [9.17, 15) is 9.59 Å². The van der Waals surface area contributed by atoms with Crippen molar-refractivity contribution >= 4 is 29.2 Å². The highest BCUT2D eigenvalue weighted by molar-refractivity contribution is 6.31. The average molecular weight is 395 g/mol. The van der Waals surface area contributed by atoms with Crippen molar-refractivity contribution in [3.05, 3.63) is 58.6 Å². The maximum atomic E-state index is 13.2. The number of hydrogen-bond donors (Lipinski definition) is 1. The summed E-state index contributed by atoms with van der Waals surface area (Å²) >= 11 is 6.22. The standard InChI is InChI=1S/C22H19ClN2O3/c1-2-3-10-21-13-22(21,19(26)25-18-9-6-15(23)11-17(18)21)20(27)28-16-7-4-14(12-24)5-8-16/h4-9,11H,2-3,10,13H2,1H3,(H,25,26). The molecule has 0 saturated heterocycles. The Bertz CT molecular complexity index is 1010. The molecule has 0 bridgehead atoms. The summed E-state index contributed by atoms with van der Waals surface area (Å²) in [7, 11) is 0. The Labute approximate surface area is 168 Å². The number of carbonyl (C=O) groups is 2. The molecule has 142 valence electrons. The number of benzene rings is 2. The normalized spacial score (nSPS) is 24.4. The van der Waals surface area contributed by atoms with Crippen molar-refractivity contribution in [2.24, 2.45) is 5.41 Å². The Morgan fingerprint density at radius 2 is 2.04 bits per heavy atom. The molecular weight excluding hydrogens is 376 g/mol. The van der Waals surface area contributed by atoms with Crippen molar-refractivity contribution in [2.75, 3.05) is 5.32 Å². The minimum atomic E-state index is -1.24. The Kier molecular flexibility index (Phi) is 4.40. The molecule has 4 rings (SSSR count). The van der Waals surface area contributed by atoms with Crippen LogP contribution in [0.4, 0.5) is 5.69 Å². The number of esters is 1. The summed E-state index contributed by atoms with van der Waals surface area (Å²) in [5, 5.41) is 12.3. The second-order valence-electron chi connectivity index (χ2n) is 7.44. The summed E-state index contributed by atoms with van der Waals surface area (Å²) in [6.07, 6.45) is 2.98. The molecule has 0 spiro atoms. The molecule has 1 fully saturated rings. The highest BCUT2D eigenvalue weighted by Gasteiger charge is 2.79. The molecule has 2 aromatic rings. The molecule has 28 heavy (non-hydrogen) atoms. The highest BCUT2D eigenvalue weighted by Crippen LogP contribution is 2.71. The van der Waals surface area contributed by atoms with E-state index < -0.39 is 16.8 Å². The molecule has 2 atom stereocenters. The molecule has 1 saturated carbocycles. The number of rotatable bonds is 5. The predicted octanol–water partition coefficient (Wildman–Crippen LogP) is 4.59. The number of hydrogen-bond acceptors (Lipinski definition) is 4. The molecule has 2 aliphatic rings. The highest BCUT2D eigenvalue weighted by atomic mass is 35.5. The first-order chi connectivity index (χ1) is 13.5. The third-order valence-corrected chi connectivity index (χ3v) is 6.13. The lowest BCUT2D eigenvalue weighted by atomic mass is 9.78. The van der Waals surface area contributed by atoms with Crippen LogP contribution in [0.2, 0.25) is 5.02 Å². The lowest BCUT2D eigenvalue weighted by molar-refractivity contribution is -0.146. The van der Waals surface area contributed by atoms with Crippen molar-refractivity contribution in [2.45, 2.75) is 38.0 Å². The molecule has 1 N–H and O–H groups in total. The van der Waals surface area contributed by atoms with Crippen LogP contribution >= 0.6 is 11.6 Å². The lowest BCUT2D eigenvalue weighted by Crippen LogP contribution is -2.44. The first kappa shape index (κ1) is 18.5. The minimum absolute atomic E-state index is 0.319. The molecule has 1 heterocycles. The lowest BCUT2D eigenvalue weighted by Gasteiger charge is -2.31. The van der Waals surface area contributed by atoms with Crippen LogP contribution in [0.5, 0.6) is 5.75 Å². The zero-order chi connectivity index (χ0) is 19.9. The van der Waals surface area contributed by atoms with Crippen molar-refractivity contribution in [1.82, 2.24) is 0 Å². The van der Waals surface area contributed by atoms with Crippen LogP contribution in [0.15, 0.2) is 42.5 Å². The van der Waals surface area contributed by atoms with Crippen molar-refractivity contribution < 1.29 is 14.3 Å². The van der Waals surface area contributed by atoms with Gasteiger partial charge in [0.25, 0.3) is 0 Å². The Morgan fingerprint density at radius 1 is 1.29 bits per heavy atom. The molecule has 1 aliphatic carbocycles. The van der Waals surface area contributed by atoms with Crippen LogP contribution in [0, 0.1) is 16.7 Å². The van der Waals surface area contributed by atoms with Gasteiger partial charge in [-0.05, 0) is 60.9 Å². The maximum absolute atomic E-state index is 13.2. The number of fused-ring (bicyclic) bond motifs is 3. The Hall–Kier alpha value is -2.84. The van der Waals surface area contributed by atoms with Gasteiger partial charge in [-0.2, -0.15) is 5.26 Å². The number of nitriles is 1. The van der Waals surface area contributed by atoms with Gasteiger partial charge in [-0.3, -0.25) is 9.59 Å². The SMILES string of the molecule is CCCCC12CC1(C(=O)Oc1ccc(C#N)cc1)C(=O)Nc1ccc(Cl)cc12. The number of amides is 1. The fourth-order valence-electron chi connectivity index (χ4n) is 4.35. The molecule has 1 aliphatic heterocycles. The number of unbranched alkanes of at least 4 members (excludes halogenated alkanes) is 1. The molecule has 1 amide bonds. The largest absolute Gasteiger partial charge is 0.426 e. The third-order valence-electron chi connectivity index (χ3n) is 5.89. The molecular formula is C22H19ClN2O3. The quantitative estimate of drug-likeness (QED) is 0.457. The summed E-state index contributed by atoms with van der Waals surface area (Å²) in [5.74, 6) is -0.562. The topological polar surface area (TPSA) is 79.2 Å². The summed E-state index contributed by atoms with van der Waals surface area (Å²) in [4.78, 5) is 26.2. The molecule has 5 nitrogen and oxygen atoms in total. The van der Waals surface area contributed by atoms with Crippen LogP contribution < -0.4 is 10.1 Å². The molecule has 6 heteroatoms. The van der Waals surface area contributed by atoms with Gasteiger partial charge in [0.2, 0.25) is 5.91 Å². The Morgan fingerprint density at radius 3 is 2.71 bits per heavy atom. The minimum Gasteiger partial charge on any atom is -0.426 e. The van der Waals surface area contributed by atoms with E-state index >= 15 is 0 Å². The van der Waals surface area contributed by atoms with E-state index in [1.54, 1.807) is 36.4 Å². The Balaban J connectivity index is 1.71. The van der Waals surface area contributed by atoms with Crippen molar-refractivity contribution in [3.63, 3.8) is 0 Å². The molecule has 2 aromatic carbocycles. The van der Waals surface area contributed by atoms with Gasteiger partial charge in [0.15, 0.2) is 5.41 Å². The summed E-state index contributed by atoms with van der Waals surface area (Å²) in [5.41, 5.74) is 0.263. The van der Waals surface area contributed by atoms with E-state index in [2.05, 4.69) is 12.2 Å². The first-order valence-corrected chi connectivity index (χ1v) is 9.68. The van der Waals surface area contributed by atoms with E-state index in [4.69, 9.17) is 21.6 Å². The van der Waals surface area contributed by atoms with Gasteiger partial charge < -0.3 is 10.1 Å². The fourth-order valence-corrected chi connectivity index (χ4v) is 4.52. The number of carbonyl (C=O) groups excluding carboxylic acids is 2. The molecule has 2 unspecified atom stereocenters. The van der Waals surface area contributed by atoms with Gasteiger partial charge in [-0.15, -0.1) is 0 Å². The van der Waals surface area contributed by atoms with E-state index in [1.165, 1.54) is 0 Å². The van der Waals surface area contributed by atoms with Crippen LogP contribution in [0.3, 0.4) is 0 Å². The zero-order valence-corrected chi connectivity index (χ0v) is 16.2. The maximum Gasteiger partial charge on any atom is 0.328 e. The zero-order valence-electron chi connectivity index (χ0n) is 15.4. The van der Waals surface area contributed by atoms with Gasteiger partial charge in [-0.1, -0.05) is 31.4 Å². The second kappa shape index (κ2) is 6.65. The third kappa shape index (κ3) is 2.60. The number of nitrogens with one attached hydrogen (secondary N) is 1. The van der Waals surface area contributed by atoms with Crippen LogP contribution in [-0.4, -0.2) is 11.9 Å². The van der Waals surface area contributed by atoms with Gasteiger partial charge in [0.05, 0.1) is 11.6 Å². The molecule has 0 radical (unpaired) electrons. The summed E-state index contributed by atoms with van der Waals surface area (Å²) < 4.78 is 5.58.